The molecule has 5 heteroatoms. The molecular weight excluding hydrogens is 496 g/mol. The van der Waals surface area contributed by atoms with Gasteiger partial charge < -0.3 is 9.47 Å². The molecule has 0 aliphatic carbocycles. The molecule has 3 nitrogen and oxygen atoms in total. The van der Waals surface area contributed by atoms with Crippen molar-refractivity contribution < 1.29 is 13.1 Å². The average molecular weight is 531 g/mol. The summed E-state index contributed by atoms with van der Waals surface area (Å²) in [6.45, 7) is 8.63. The Hall–Kier alpha value is -2.86. The Kier molecular flexibility index (Phi) is 8.58. The standard InChI is InChI=1S/C32H34O3S2/c1-23-7-11-25(12-8-23)31(3,27-15-19-29(33-5)20-16-27)36-35-37-32(4,26-13-9-24(2)10-14-26)28-17-21-30(34-6)22-18-28/h7-22H,1-6H3. The summed E-state index contributed by atoms with van der Waals surface area (Å²) in [5.41, 5.74) is 7.10. The van der Waals surface area contributed by atoms with Gasteiger partial charge in [0.05, 0.1) is 23.7 Å². The molecule has 0 saturated carbocycles. The van der Waals surface area contributed by atoms with E-state index in [1.165, 1.54) is 46.3 Å². The summed E-state index contributed by atoms with van der Waals surface area (Å²) in [6.07, 6.45) is 0. The largest absolute Gasteiger partial charge is 0.497 e. The zero-order chi connectivity index (χ0) is 26.5. The van der Waals surface area contributed by atoms with Crippen molar-refractivity contribution in [1.82, 2.24) is 0 Å². The number of methoxy groups -OCH3 is 2. The molecule has 4 rings (SSSR count). The lowest BCUT2D eigenvalue weighted by molar-refractivity contribution is 0.414. The predicted octanol–water partition coefficient (Wildman–Crippen LogP) is 8.86. The fraction of sp³-hybridized carbons (Fsp3) is 0.250. The maximum atomic E-state index is 6.53. The molecule has 2 unspecified atom stereocenters. The Morgan fingerprint density at radius 3 is 1.00 bits per heavy atom. The Morgan fingerprint density at radius 2 is 0.730 bits per heavy atom. The van der Waals surface area contributed by atoms with E-state index in [-0.39, 0.29) is 0 Å². The monoisotopic (exact) mass is 530 g/mol. The van der Waals surface area contributed by atoms with Crippen LogP contribution >= 0.6 is 24.1 Å². The van der Waals surface area contributed by atoms with Gasteiger partial charge in [-0.25, -0.2) is 3.63 Å². The van der Waals surface area contributed by atoms with Gasteiger partial charge in [0.2, 0.25) is 0 Å². The van der Waals surface area contributed by atoms with E-state index in [4.69, 9.17) is 13.1 Å². The lowest BCUT2D eigenvalue weighted by Crippen LogP contribution is -2.22. The summed E-state index contributed by atoms with van der Waals surface area (Å²) in [4.78, 5) is 0. The van der Waals surface area contributed by atoms with Crippen molar-refractivity contribution in [3.05, 3.63) is 130 Å². The highest BCUT2D eigenvalue weighted by atomic mass is 32.2. The van der Waals surface area contributed by atoms with E-state index < -0.39 is 9.49 Å². The van der Waals surface area contributed by atoms with Gasteiger partial charge in [0.1, 0.15) is 11.5 Å². The third kappa shape index (κ3) is 6.01. The van der Waals surface area contributed by atoms with Gasteiger partial charge in [-0.2, -0.15) is 0 Å². The highest BCUT2D eigenvalue weighted by Gasteiger charge is 2.36. The lowest BCUT2D eigenvalue weighted by Gasteiger charge is -2.33. The van der Waals surface area contributed by atoms with Crippen LogP contribution in [0.3, 0.4) is 0 Å². The smallest absolute Gasteiger partial charge is 0.118 e. The van der Waals surface area contributed by atoms with Crippen LogP contribution < -0.4 is 9.47 Å². The Balaban J connectivity index is 1.67. The molecule has 2 atom stereocenters. The first-order valence-corrected chi connectivity index (χ1v) is 13.7. The number of aryl methyl sites for hydroxylation is 2. The Morgan fingerprint density at radius 1 is 0.459 bits per heavy atom. The van der Waals surface area contributed by atoms with Crippen LogP contribution in [0, 0.1) is 13.8 Å². The van der Waals surface area contributed by atoms with Gasteiger partial charge in [0.15, 0.2) is 0 Å². The normalized spacial score (nSPS) is 14.4. The van der Waals surface area contributed by atoms with Gasteiger partial charge in [0, 0.05) is 24.1 Å². The van der Waals surface area contributed by atoms with Crippen LogP contribution in [0.15, 0.2) is 97.1 Å². The fourth-order valence-corrected chi connectivity index (χ4v) is 6.39. The molecule has 0 bridgehead atoms. The molecule has 0 saturated heterocycles. The van der Waals surface area contributed by atoms with Gasteiger partial charge in [-0.3, -0.25) is 0 Å². The van der Waals surface area contributed by atoms with E-state index in [1.54, 1.807) is 14.2 Å². The summed E-state index contributed by atoms with van der Waals surface area (Å²) in [5, 5.41) is 0. The maximum absolute atomic E-state index is 6.53. The number of benzene rings is 4. The van der Waals surface area contributed by atoms with Crippen LogP contribution in [0.1, 0.15) is 47.2 Å². The van der Waals surface area contributed by atoms with Crippen molar-refractivity contribution in [1.29, 1.82) is 0 Å². The number of hydrogen-bond donors (Lipinski definition) is 0. The van der Waals surface area contributed by atoms with Gasteiger partial charge >= 0.3 is 0 Å². The molecule has 0 N–H and O–H groups in total. The summed E-state index contributed by atoms with van der Waals surface area (Å²) in [5.74, 6) is 1.67. The molecule has 4 aromatic rings. The summed E-state index contributed by atoms with van der Waals surface area (Å²) in [7, 11) is 3.38. The minimum atomic E-state index is -0.429. The van der Waals surface area contributed by atoms with Crippen molar-refractivity contribution in [2.45, 2.75) is 37.2 Å². The molecule has 0 heterocycles. The van der Waals surface area contributed by atoms with Crippen LogP contribution in [-0.4, -0.2) is 14.2 Å². The molecule has 0 spiro atoms. The lowest BCUT2D eigenvalue weighted by atomic mass is 9.91. The first kappa shape index (κ1) is 27.2. The van der Waals surface area contributed by atoms with E-state index in [1.807, 2.05) is 24.3 Å². The van der Waals surface area contributed by atoms with E-state index in [2.05, 4.69) is 100 Å². The van der Waals surface area contributed by atoms with E-state index in [9.17, 15) is 0 Å². The topological polar surface area (TPSA) is 27.7 Å². The van der Waals surface area contributed by atoms with E-state index in [0.717, 1.165) is 22.6 Å². The molecule has 37 heavy (non-hydrogen) atoms. The summed E-state index contributed by atoms with van der Waals surface area (Å²) < 4.78 is 16.5. The summed E-state index contributed by atoms with van der Waals surface area (Å²) >= 11 is 2.95. The highest BCUT2D eigenvalue weighted by molar-refractivity contribution is 8.08. The van der Waals surface area contributed by atoms with Crippen LogP contribution in [0.5, 0.6) is 11.5 Å². The Bertz CT molecular complexity index is 1180. The van der Waals surface area contributed by atoms with E-state index >= 15 is 0 Å². The third-order valence-electron chi connectivity index (χ3n) is 6.89. The molecule has 0 amide bonds. The second-order valence-corrected chi connectivity index (χ2v) is 12.0. The van der Waals surface area contributed by atoms with Crippen molar-refractivity contribution in [3.63, 3.8) is 0 Å². The zero-order valence-corrected chi connectivity index (χ0v) is 23.9. The minimum absolute atomic E-state index is 0.429. The quantitative estimate of drug-likeness (QED) is 0.191. The number of hydrogen-bond acceptors (Lipinski definition) is 5. The molecule has 0 fully saturated rings. The second-order valence-electron chi connectivity index (χ2n) is 9.49. The van der Waals surface area contributed by atoms with Crippen LogP contribution in [-0.2, 0) is 13.1 Å². The van der Waals surface area contributed by atoms with Gasteiger partial charge in [-0.1, -0.05) is 83.9 Å². The van der Waals surface area contributed by atoms with Crippen LogP contribution in [0.25, 0.3) is 0 Å². The molecule has 192 valence electrons. The number of rotatable bonds is 10. The van der Waals surface area contributed by atoms with Crippen molar-refractivity contribution in [2.24, 2.45) is 0 Å². The molecule has 4 aromatic carbocycles. The first-order chi connectivity index (χ1) is 17.8. The maximum Gasteiger partial charge on any atom is 0.118 e. The van der Waals surface area contributed by atoms with Crippen LogP contribution in [0.4, 0.5) is 0 Å². The van der Waals surface area contributed by atoms with E-state index in [0.29, 0.717) is 0 Å². The molecular formula is C32H34O3S2. The van der Waals surface area contributed by atoms with Crippen molar-refractivity contribution in [2.75, 3.05) is 14.2 Å². The predicted molar refractivity (Wildman–Crippen MR) is 158 cm³/mol. The SMILES string of the molecule is COc1ccc(C(C)(SOSC(C)(c2ccc(C)cc2)c2ccc(OC)cc2)c2ccc(C)cc2)cc1. The highest BCUT2D eigenvalue weighted by Crippen LogP contribution is 2.51. The van der Waals surface area contributed by atoms with Gasteiger partial charge in [-0.05, 0) is 74.2 Å². The number of ether oxygens (including phenoxy) is 2. The zero-order valence-electron chi connectivity index (χ0n) is 22.3. The Labute approximate surface area is 230 Å². The van der Waals surface area contributed by atoms with Crippen molar-refractivity contribution >= 4 is 24.1 Å². The van der Waals surface area contributed by atoms with Gasteiger partial charge in [-0.15, -0.1) is 0 Å². The molecule has 0 aliphatic heterocycles. The van der Waals surface area contributed by atoms with Crippen molar-refractivity contribution in [3.8, 4) is 11.5 Å². The molecule has 0 radical (unpaired) electrons. The second kappa shape index (κ2) is 11.7. The molecule has 0 aliphatic rings. The fourth-order valence-electron chi connectivity index (χ4n) is 4.24. The average Bonchev–Trinajstić information content (AvgIpc) is 2.93. The summed E-state index contributed by atoms with van der Waals surface area (Å²) in [6, 6.07) is 33.8. The first-order valence-electron chi connectivity index (χ1n) is 12.3. The van der Waals surface area contributed by atoms with Crippen LogP contribution in [0.2, 0.25) is 0 Å². The molecule has 0 aromatic heterocycles. The van der Waals surface area contributed by atoms with Gasteiger partial charge in [0.25, 0.3) is 0 Å². The third-order valence-corrected chi connectivity index (χ3v) is 9.04. The minimum Gasteiger partial charge on any atom is -0.497 e.